The summed E-state index contributed by atoms with van der Waals surface area (Å²) < 4.78 is 11.9. The topological polar surface area (TPSA) is 35.5 Å². The number of nitrogens with zero attached hydrogens (tertiary/aromatic N) is 1. The Morgan fingerprint density at radius 3 is 2.44 bits per heavy atom. The minimum absolute atomic E-state index is 0.106. The summed E-state index contributed by atoms with van der Waals surface area (Å²) in [6, 6.07) is 9.44. The van der Waals surface area contributed by atoms with Crippen LogP contribution < -0.4 is 0 Å². The molecule has 18 heavy (non-hydrogen) atoms. The van der Waals surface area contributed by atoms with Crippen molar-refractivity contribution < 1.29 is 18.8 Å². The van der Waals surface area contributed by atoms with Gasteiger partial charge in [-0.05, 0) is 0 Å². The molecule has 0 saturated carbocycles. The van der Waals surface area contributed by atoms with Gasteiger partial charge < -0.3 is 9.47 Å². The molecule has 2 fully saturated rings. The summed E-state index contributed by atoms with van der Waals surface area (Å²) in [5.74, 6) is 0.106. The van der Waals surface area contributed by atoms with E-state index in [-0.39, 0.29) is 12.0 Å². The highest BCUT2D eigenvalue weighted by Crippen LogP contribution is 2.26. The van der Waals surface area contributed by atoms with Crippen molar-refractivity contribution in [2.24, 2.45) is 0 Å². The Kier molecular flexibility index (Phi) is 3.16. The van der Waals surface area contributed by atoms with Crippen LogP contribution in [0.25, 0.3) is 0 Å². The molecule has 1 aromatic rings. The molecule has 0 aliphatic carbocycles. The summed E-state index contributed by atoms with van der Waals surface area (Å²) in [7, 11) is 0. The van der Waals surface area contributed by atoms with Gasteiger partial charge in [0.2, 0.25) is 5.78 Å². The van der Waals surface area contributed by atoms with Crippen molar-refractivity contribution in [3.05, 3.63) is 35.9 Å². The fourth-order valence-corrected chi connectivity index (χ4v) is 2.86. The summed E-state index contributed by atoms with van der Waals surface area (Å²) in [4.78, 5) is 12.5. The van der Waals surface area contributed by atoms with Crippen molar-refractivity contribution >= 4 is 5.78 Å². The Balaban J connectivity index is 1.84. The molecule has 0 amide bonds. The number of hydrogen-bond acceptors (Lipinski definition) is 3. The summed E-state index contributed by atoms with van der Waals surface area (Å²) >= 11 is 0. The largest absolute Gasteiger partial charge is 0.370 e. The summed E-state index contributed by atoms with van der Waals surface area (Å²) in [5, 5.41) is 0. The molecule has 2 aliphatic heterocycles. The maximum atomic E-state index is 12.5. The average Bonchev–Trinajstić information content (AvgIpc) is 2.83. The van der Waals surface area contributed by atoms with Crippen LogP contribution in [0, 0.1) is 0 Å². The maximum Gasteiger partial charge on any atom is 0.259 e. The molecular weight excluding hydrogens is 230 g/mol. The van der Waals surface area contributed by atoms with E-state index in [0.29, 0.717) is 6.61 Å². The predicted octanol–water partition coefficient (Wildman–Crippen LogP) is 1.07. The van der Waals surface area contributed by atoms with Crippen LogP contribution in [0.4, 0.5) is 0 Å². The van der Waals surface area contributed by atoms with Crippen LogP contribution in [0.2, 0.25) is 0 Å². The van der Waals surface area contributed by atoms with E-state index in [4.69, 9.17) is 9.47 Å². The lowest BCUT2D eigenvalue weighted by Gasteiger charge is -2.39. The summed E-state index contributed by atoms with van der Waals surface area (Å²) in [5.41, 5.74) is 0.744. The highest BCUT2D eigenvalue weighted by atomic mass is 16.5. The van der Waals surface area contributed by atoms with Crippen molar-refractivity contribution in [2.45, 2.75) is 6.23 Å². The van der Waals surface area contributed by atoms with Gasteiger partial charge in [-0.3, -0.25) is 9.28 Å². The number of benzene rings is 1. The fourth-order valence-electron chi connectivity index (χ4n) is 2.86. The lowest BCUT2D eigenvalue weighted by Crippen LogP contribution is -2.60. The second-order valence-corrected chi connectivity index (χ2v) is 4.96. The summed E-state index contributed by atoms with van der Waals surface area (Å²) in [6.45, 7) is 4.80. The Morgan fingerprint density at radius 2 is 1.72 bits per heavy atom. The van der Waals surface area contributed by atoms with E-state index in [1.807, 2.05) is 30.3 Å². The molecule has 0 aromatic heterocycles. The van der Waals surface area contributed by atoms with Crippen molar-refractivity contribution in [3.8, 4) is 0 Å². The zero-order valence-corrected chi connectivity index (χ0v) is 10.4. The van der Waals surface area contributed by atoms with Crippen molar-refractivity contribution in [1.29, 1.82) is 0 Å². The number of carbonyl (C=O) groups is 1. The van der Waals surface area contributed by atoms with E-state index in [1.54, 1.807) is 0 Å². The quantitative estimate of drug-likeness (QED) is 0.580. The molecule has 1 aromatic carbocycles. The number of ether oxygens (including phenoxy) is 2. The van der Waals surface area contributed by atoms with Gasteiger partial charge in [0, 0.05) is 5.56 Å². The number of morpholine rings is 1. The van der Waals surface area contributed by atoms with E-state index in [0.717, 1.165) is 42.9 Å². The van der Waals surface area contributed by atoms with Gasteiger partial charge in [0.15, 0.2) is 0 Å². The van der Waals surface area contributed by atoms with Crippen molar-refractivity contribution in [2.75, 3.05) is 39.5 Å². The molecule has 0 N–H and O–H groups in total. The first-order valence-electron chi connectivity index (χ1n) is 6.46. The van der Waals surface area contributed by atoms with Crippen LogP contribution in [-0.2, 0) is 9.47 Å². The van der Waals surface area contributed by atoms with Gasteiger partial charge in [0.05, 0.1) is 13.2 Å². The van der Waals surface area contributed by atoms with Gasteiger partial charge in [0.1, 0.15) is 26.2 Å². The molecule has 2 heterocycles. The normalized spacial score (nSPS) is 26.3. The molecule has 0 radical (unpaired) electrons. The van der Waals surface area contributed by atoms with Gasteiger partial charge in [-0.1, -0.05) is 30.3 Å². The second kappa shape index (κ2) is 4.80. The van der Waals surface area contributed by atoms with Gasteiger partial charge in [-0.15, -0.1) is 0 Å². The summed E-state index contributed by atoms with van der Waals surface area (Å²) in [6.07, 6.45) is -0.337. The smallest absolute Gasteiger partial charge is 0.259 e. The standard InChI is InChI=1S/C14H18NO3/c16-13(12-4-2-1-3-5-12)14-15(8-11-18-14)6-9-17-10-7-15/h1-5,14H,6-11H2/q+1. The Morgan fingerprint density at radius 1 is 1.06 bits per heavy atom. The fraction of sp³-hybridized carbons (Fsp3) is 0.500. The van der Waals surface area contributed by atoms with Crippen LogP contribution in [0.5, 0.6) is 0 Å². The molecule has 4 heteroatoms. The highest BCUT2D eigenvalue weighted by molar-refractivity contribution is 5.98. The van der Waals surface area contributed by atoms with Crippen LogP contribution in [-0.4, -0.2) is 55.9 Å². The molecule has 2 aliphatic rings. The van der Waals surface area contributed by atoms with E-state index < -0.39 is 0 Å². The number of ketones is 1. The van der Waals surface area contributed by atoms with Crippen molar-refractivity contribution in [1.82, 2.24) is 0 Å². The van der Waals surface area contributed by atoms with Gasteiger partial charge in [-0.2, -0.15) is 0 Å². The predicted molar refractivity (Wildman–Crippen MR) is 66.2 cm³/mol. The number of Topliss-reactive ketones (excluding diaryl/α,β-unsaturated/α-hetero) is 1. The third-order valence-corrected chi connectivity index (χ3v) is 3.95. The molecule has 1 unspecified atom stereocenters. The van der Waals surface area contributed by atoms with E-state index >= 15 is 0 Å². The van der Waals surface area contributed by atoms with Crippen LogP contribution in [0.3, 0.4) is 0 Å². The van der Waals surface area contributed by atoms with Crippen molar-refractivity contribution in [3.63, 3.8) is 0 Å². The number of hydrogen-bond donors (Lipinski definition) is 0. The average molecular weight is 248 g/mol. The molecule has 4 nitrogen and oxygen atoms in total. The maximum absolute atomic E-state index is 12.5. The third-order valence-electron chi connectivity index (χ3n) is 3.95. The van der Waals surface area contributed by atoms with Gasteiger partial charge in [0.25, 0.3) is 6.23 Å². The van der Waals surface area contributed by atoms with E-state index in [2.05, 4.69) is 0 Å². The molecule has 1 atom stereocenters. The zero-order chi connectivity index (χ0) is 12.4. The van der Waals surface area contributed by atoms with Gasteiger partial charge >= 0.3 is 0 Å². The van der Waals surface area contributed by atoms with Crippen LogP contribution >= 0.6 is 0 Å². The first kappa shape index (κ1) is 11.8. The van der Waals surface area contributed by atoms with E-state index in [9.17, 15) is 4.79 Å². The van der Waals surface area contributed by atoms with Crippen LogP contribution in [0.1, 0.15) is 10.4 Å². The zero-order valence-electron chi connectivity index (χ0n) is 10.4. The Hall–Kier alpha value is -1.23. The lowest BCUT2D eigenvalue weighted by molar-refractivity contribution is -0.947. The molecule has 0 bridgehead atoms. The molecular formula is C14H18NO3+. The first-order chi connectivity index (χ1) is 8.82. The first-order valence-corrected chi connectivity index (χ1v) is 6.46. The number of quaternary nitrogens is 1. The Bertz CT molecular complexity index is 426. The second-order valence-electron chi connectivity index (χ2n) is 4.96. The minimum atomic E-state index is -0.337. The Labute approximate surface area is 107 Å². The highest BCUT2D eigenvalue weighted by Gasteiger charge is 2.48. The molecule has 1 spiro atoms. The molecule has 2 saturated heterocycles. The third kappa shape index (κ3) is 1.96. The van der Waals surface area contributed by atoms with Crippen LogP contribution in [0.15, 0.2) is 30.3 Å². The lowest BCUT2D eigenvalue weighted by atomic mass is 10.1. The molecule has 96 valence electrons. The monoisotopic (exact) mass is 248 g/mol. The van der Waals surface area contributed by atoms with Gasteiger partial charge in [-0.25, -0.2) is 0 Å². The van der Waals surface area contributed by atoms with E-state index in [1.165, 1.54) is 0 Å². The number of carbonyl (C=O) groups excluding carboxylic acids is 1. The molecule has 3 rings (SSSR count). The number of rotatable bonds is 2. The SMILES string of the molecule is O=C(c1ccccc1)C1OCC[N+]12CCOCC2. The minimum Gasteiger partial charge on any atom is -0.370 e.